The minimum Gasteiger partial charge on any atom is -0.363 e. The summed E-state index contributed by atoms with van der Waals surface area (Å²) in [7, 11) is 1.83. The maximum absolute atomic E-state index is 13.2. The quantitative estimate of drug-likeness (QED) is 0.679. The molecule has 0 aliphatic carbocycles. The van der Waals surface area contributed by atoms with Crippen LogP contribution in [0.15, 0.2) is 36.4 Å². The van der Waals surface area contributed by atoms with Gasteiger partial charge in [0.1, 0.15) is 6.07 Å². The number of benzene rings is 2. The van der Waals surface area contributed by atoms with Crippen molar-refractivity contribution in [3.63, 3.8) is 0 Å². The molecule has 29 heavy (non-hydrogen) atoms. The largest absolute Gasteiger partial charge is 0.416 e. The number of hydroxylamine groups is 2. The van der Waals surface area contributed by atoms with Crippen LogP contribution in [-0.2, 0) is 17.6 Å². The summed E-state index contributed by atoms with van der Waals surface area (Å²) in [5.74, 6) is 0. The highest BCUT2D eigenvalue weighted by Gasteiger charge is 2.31. The molecular formula is C21H21ClF3N3O. The van der Waals surface area contributed by atoms with Crippen LogP contribution in [0.4, 0.5) is 18.9 Å². The maximum Gasteiger partial charge on any atom is 0.416 e. The average molecular weight is 424 g/mol. The first kappa shape index (κ1) is 21.4. The molecule has 154 valence electrons. The van der Waals surface area contributed by atoms with Gasteiger partial charge in [0.25, 0.3) is 0 Å². The van der Waals surface area contributed by atoms with Gasteiger partial charge in [-0.05, 0) is 54.8 Å². The van der Waals surface area contributed by atoms with Gasteiger partial charge in [0.15, 0.2) is 0 Å². The number of alkyl halides is 3. The fourth-order valence-electron chi connectivity index (χ4n) is 3.45. The van der Waals surface area contributed by atoms with Crippen LogP contribution < -0.4 is 4.90 Å². The first-order valence-electron chi connectivity index (χ1n) is 9.16. The first-order chi connectivity index (χ1) is 13.7. The number of hydrogen-bond donors (Lipinski definition) is 0. The van der Waals surface area contributed by atoms with E-state index >= 15 is 0 Å². The Balaban J connectivity index is 2.00. The van der Waals surface area contributed by atoms with Crippen LogP contribution in [0, 0.1) is 18.3 Å². The second-order valence-corrected chi connectivity index (χ2v) is 7.54. The van der Waals surface area contributed by atoms with Gasteiger partial charge in [-0.25, -0.2) is 0 Å². The zero-order chi connectivity index (χ0) is 21.2. The molecule has 1 saturated heterocycles. The number of anilines is 1. The highest BCUT2D eigenvalue weighted by Crippen LogP contribution is 2.33. The SMILES string of the molecule is Cc1ccc(C(F)(F)F)cc1CN(c1ccc(C#N)c(Cl)c1)[C@H]1CCON(C)C1. The summed E-state index contributed by atoms with van der Waals surface area (Å²) >= 11 is 6.23. The van der Waals surface area contributed by atoms with Gasteiger partial charge < -0.3 is 4.90 Å². The Morgan fingerprint density at radius 2 is 2.03 bits per heavy atom. The Bertz CT molecular complexity index is 926. The zero-order valence-electron chi connectivity index (χ0n) is 16.1. The predicted molar refractivity (Wildman–Crippen MR) is 106 cm³/mol. The minimum atomic E-state index is -4.40. The Hall–Kier alpha value is -2.27. The van der Waals surface area contributed by atoms with Gasteiger partial charge in [0.05, 0.1) is 22.8 Å². The summed E-state index contributed by atoms with van der Waals surface area (Å²) in [6.07, 6.45) is -3.68. The molecule has 0 radical (unpaired) electrons. The van der Waals surface area contributed by atoms with E-state index in [2.05, 4.69) is 0 Å². The monoisotopic (exact) mass is 423 g/mol. The molecule has 1 aliphatic rings. The van der Waals surface area contributed by atoms with Gasteiger partial charge in [-0.15, -0.1) is 0 Å². The van der Waals surface area contributed by atoms with Crippen molar-refractivity contribution in [2.24, 2.45) is 0 Å². The number of hydrogen-bond acceptors (Lipinski definition) is 4. The lowest BCUT2D eigenvalue weighted by atomic mass is 10.0. The van der Waals surface area contributed by atoms with Crippen molar-refractivity contribution in [3.8, 4) is 6.07 Å². The number of nitrogens with zero attached hydrogens (tertiary/aromatic N) is 3. The highest BCUT2D eigenvalue weighted by atomic mass is 35.5. The molecule has 4 nitrogen and oxygen atoms in total. The second kappa shape index (κ2) is 8.62. The molecule has 0 N–H and O–H groups in total. The van der Waals surface area contributed by atoms with E-state index in [1.165, 1.54) is 12.1 Å². The molecule has 0 bridgehead atoms. The Kier molecular flexibility index (Phi) is 6.37. The molecule has 8 heteroatoms. The summed E-state index contributed by atoms with van der Waals surface area (Å²) in [4.78, 5) is 7.52. The summed E-state index contributed by atoms with van der Waals surface area (Å²) in [6, 6.07) is 11.0. The van der Waals surface area contributed by atoms with E-state index in [-0.39, 0.29) is 12.6 Å². The predicted octanol–water partition coefficient (Wildman–Crippen LogP) is 5.18. The zero-order valence-corrected chi connectivity index (χ0v) is 16.9. The lowest BCUT2D eigenvalue weighted by Gasteiger charge is -2.39. The van der Waals surface area contributed by atoms with Crippen LogP contribution in [0.3, 0.4) is 0 Å². The van der Waals surface area contributed by atoms with Crippen LogP contribution in [-0.4, -0.2) is 31.3 Å². The van der Waals surface area contributed by atoms with Gasteiger partial charge in [-0.2, -0.15) is 23.5 Å². The lowest BCUT2D eigenvalue weighted by Crippen LogP contribution is -2.47. The topological polar surface area (TPSA) is 39.5 Å². The van der Waals surface area contributed by atoms with Crippen molar-refractivity contribution >= 4 is 17.3 Å². The highest BCUT2D eigenvalue weighted by molar-refractivity contribution is 6.32. The van der Waals surface area contributed by atoms with E-state index in [0.717, 1.165) is 23.7 Å². The van der Waals surface area contributed by atoms with Crippen LogP contribution in [0.2, 0.25) is 5.02 Å². The molecule has 2 aromatic rings. The maximum atomic E-state index is 13.2. The van der Waals surface area contributed by atoms with Gasteiger partial charge in [-0.3, -0.25) is 4.84 Å². The molecule has 0 amide bonds. The molecule has 2 aromatic carbocycles. The smallest absolute Gasteiger partial charge is 0.363 e. The third-order valence-electron chi connectivity index (χ3n) is 5.09. The van der Waals surface area contributed by atoms with Crippen molar-refractivity contribution < 1.29 is 18.0 Å². The van der Waals surface area contributed by atoms with Crippen molar-refractivity contribution in [2.45, 2.75) is 32.1 Å². The lowest BCUT2D eigenvalue weighted by molar-refractivity contribution is -0.166. The average Bonchev–Trinajstić information content (AvgIpc) is 2.66. The normalized spacial score (nSPS) is 17.8. The van der Waals surface area contributed by atoms with E-state index in [9.17, 15) is 13.2 Å². The summed E-state index contributed by atoms with van der Waals surface area (Å²) in [6.45, 7) is 3.20. The molecule has 0 unspecified atom stereocenters. The molecule has 1 fully saturated rings. The summed E-state index contributed by atoms with van der Waals surface area (Å²) in [5.41, 5.74) is 1.82. The summed E-state index contributed by atoms with van der Waals surface area (Å²) < 4.78 is 39.7. The van der Waals surface area contributed by atoms with E-state index in [1.54, 1.807) is 30.2 Å². The third-order valence-corrected chi connectivity index (χ3v) is 5.41. The van der Waals surface area contributed by atoms with Gasteiger partial charge >= 0.3 is 6.18 Å². The molecule has 1 heterocycles. The standard InChI is InChI=1S/C21H21ClF3N3O/c1-14-3-5-17(21(23,24)25)9-16(14)12-28(19-7-8-29-27(2)13-19)18-6-4-15(11-26)20(22)10-18/h3-6,9-10,19H,7-8,12-13H2,1-2H3/t19-/m0/s1. The van der Waals surface area contributed by atoms with Crippen LogP contribution in [0.5, 0.6) is 0 Å². The minimum absolute atomic E-state index is 0.0201. The molecule has 0 saturated carbocycles. The molecule has 1 aliphatic heterocycles. The molecule has 0 spiro atoms. The van der Waals surface area contributed by atoms with Gasteiger partial charge in [-0.1, -0.05) is 17.7 Å². The van der Waals surface area contributed by atoms with Gasteiger partial charge in [0, 0.05) is 31.9 Å². The Labute approximate surface area is 173 Å². The number of rotatable bonds is 4. The second-order valence-electron chi connectivity index (χ2n) is 7.13. The van der Waals surface area contributed by atoms with Crippen molar-refractivity contribution in [3.05, 3.63) is 63.7 Å². The Morgan fingerprint density at radius 1 is 1.28 bits per heavy atom. The summed E-state index contributed by atoms with van der Waals surface area (Å²) in [5, 5.41) is 11.2. The van der Waals surface area contributed by atoms with E-state index in [1.807, 2.05) is 18.0 Å². The van der Waals surface area contributed by atoms with Crippen LogP contribution >= 0.6 is 11.6 Å². The van der Waals surface area contributed by atoms with Crippen molar-refractivity contribution in [2.75, 3.05) is 25.1 Å². The molecular weight excluding hydrogens is 403 g/mol. The molecule has 3 rings (SSSR count). The van der Waals surface area contributed by atoms with Gasteiger partial charge in [0.2, 0.25) is 0 Å². The number of halogens is 4. The van der Waals surface area contributed by atoms with Crippen LogP contribution in [0.1, 0.15) is 28.7 Å². The van der Waals surface area contributed by atoms with Crippen molar-refractivity contribution in [1.82, 2.24) is 5.06 Å². The fraction of sp³-hybridized carbons (Fsp3) is 0.381. The van der Waals surface area contributed by atoms with E-state index in [0.29, 0.717) is 29.3 Å². The van der Waals surface area contributed by atoms with Crippen molar-refractivity contribution in [1.29, 1.82) is 5.26 Å². The Morgan fingerprint density at radius 3 is 2.66 bits per heavy atom. The third kappa shape index (κ3) is 5.02. The molecule has 1 atom stereocenters. The van der Waals surface area contributed by atoms with E-state index in [4.69, 9.17) is 21.7 Å². The fourth-order valence-corrected chi connectivity index (χ4v) is 3.66. The molecule has 0 aromatic heterocycles. The van der Waals surface area contributed by atoms with E-state index < -0.39 is 11.7 Å². The first-order valence-corrected chi connectivity index (χ1v) is 9.54. The van der Waals surface area contributed by atoms with Crippen LogP contribution in [0.25, 0.3) is 0 Å². The number of likely N-dealkylation sites (N-methyl/N-ethyl adjacent to an activating group) is 1. The number of aryl methyl sites for hydroxylation is 1. The number of nitriles is 1.